The molecule has 1 atom stereocenters. The van der Waals surface area contributed by atoms with E-state index in [4.69, 9.17) is 4.74 Å². The van der Waals surface area contributed by atoms with Gasteiger partial charge in [0.05, 0.1) is 12.5 Å². The highest BCUT2D eigenvalue weighted by atomic mass is 16.5. The maximum atomic E-state index is 12.5. The summed E-state index contributed by atoms with van der Waals surface area (Å²) in [4.78, 5) is 28.6. The summed E-state index contributed by atoms with van der Waals surface area (Å²) in [6.07, 6.45) is 4.37. The molecule has 1 aromatic rings. The average molecular weight is 373 g/mol. The molecular formula is C21H31N3O3. The van der Waals surface area contributed by atoms with E-state index in [1.807, 2.05) is 0 Å². The number of ether oxygens (including phenoxy) is 1. The van der Waals surface area contributed by atoms with Crippen LogP contribution in [-0.2, 0) is 20.7 Å². The van der Waals surface area contributed by atoms with Gasteiger partial charge in [0, 0.05) is 51.9 Å². The molecule has 148 valence electrons. The molecule has 1 unspecified atom stereocenters. The van der Waals surface area contributed by atoms with Crippen molar-refractivity contribution in [3.05, 3.63) is 29.8 Å². The number of para-hydroxylation sites is 1. The zero-order chi connectivity index (χ0) is 19.1. The lowest BCUT2D eigenvalue weighted by molar-refractivity contribution is -0.138. The molecule has 1 aromatic carbocycles. The molecule has 6 heteroatoms. The number of aryl methyl sites for hydroxylation is 1. The molecule has 1 N–H and O–H groups in total. The number of nitrogens with one attached hydrogen (secondary N) is 1. The third-order valence-corrected chi connectivity index (χ3v) is 5.55. The van der Waals surface area contributed by atoms with Gasteiger partial charge in [0.2, 0.25) is 11.8 Å². The van der Waals surface area contributed by atoms with Gasteiger partial charge in [-0.05, 0) is 37.3 Å². The third kappa shape index (κ3) is 5.22. The fraction of sp³-hybridized carbons (Fsp3) is 0.619. The van der Waals surface area contributed by atoms with Crippen LogP contribution >= 0.6 is 0 Å². The van der Waals surface area contributed by atoms with Crippen LogP contribution in [0.1, 0.15) is 31.2 Å². The van der Waals surface area contributed by atoms with Crippen LogP contribution in [0.4, 0.5) is 5.69 Å². The Balaban J connectivity index is 1.40. The fourth-order valence-electron chi connectivity index (χ4n) is 4.02. The summed E-state index contributed by atoms with van der Waals surface area (Å²) in [5.74, 6) is 0.0964. The van der Waals surface area contributed by atoms with E-state index >= 15 is 0 Å². The topological polar surface area (TPSA) is 61.9 Å². The third-order valence-electron chi connectivity index (χ3n) is 5.55. The van der Waals surface area contributed by atoms with Crippen molar-refractivity contribution in [3.63, 3.8) is 0 Å². The van der Waals surface area contributed by atoms with E-state index in [-0.39, 0.29) is 17.7 Å². The van der Waals surface area contributed by atoms with Crippen molar-refractivity contribution in [1.82, 2.24) is 10.2 Å². The summed E-state index contributed by atoms with van der Waals surface area (Å²) in [5.41, 5.74) is 2.77. The lowest BCUT2D eigenvalue weighted by Crippen LogP contribution is -2.47. The maximum Gasteiger partial charge on any atom is 0.224 e. The molecular weight excluding hydrogens is 342 g/mol. The van der Waals surface area contributed by atoms with Crippen molar-refractivity contribution < 1.29 is 14.3 Å². The minimum Gasteiger partial charge on any atom is -0.383 e. The zero-order valence-corrected chi connectivity index (χ0v) is 16.3. The Bertz CT molecular complexity index is 649. The van der Waals surface area contributed by atoms with Crippen LogP contribution in [0.15, 0.2) is 24.3 Å². The molecule has 2 amide bonds. The van der Waals surface area contributed by atoms with Crippen LogP contribution in [-0.4, -0.2) is 63.2 Å². The summed E-state index contributed by atoms with van der Waals surface area (Å²) < 4.78 is 5.05. The first-order valence-electron chi connectivity index (χ1n) is 10.1. The number of carbonyl (C=O) groups excluding carboxylic acids is 2. The molecule has 0 bridgehead atoms. The van der Waals surface area contributed by atoms with Crippen molar-refractivity contribution in [2.45, 2.75) is 32.1 Å². The minimum absolute atomic E-state index is 0.0731. The predicted octanol–water partition coefficient (Wildman–Crippen LogP) is 1.83. The molecule has 6 nitrogen and oxygen atoms in total. The second-order valence-corrected chi connectivity index (χ2v) is 7.43. The summed E-state index contributed by atoms with van der Waals surface area (Å²) in [6.45, 7) is 4.31. The van der Waals surface area contributed by atoms with E-state index < -0.39 is 0 Å². The van der Waals surface area contributed by atoms with Crippen molar-refractivity contribution in [2.75, 3.05) is 51.3 Å². The number of hydrogen-bond acceptors (Lipinski definition) is 4. The molecule has 2 aliphatic heterocycles. The zero-order valence-electron chi connectivity index (χ0n) is 16.3. The number of piperidine rings is 1. The number of anilines is 1. The van der Waals surface area contributed by atoms with Gasteiger partial charge in [0.25, 0.3) is 0 Å². The highest BCUT2D eigenvalue weighted by Gasteiger charge is 2.29. The first-order valence-corrected chi connectivity index (χ1v) is 10.1. The van der Waals surface area contributed by atoms with Crippen molar-refractivity contribution in [2.24, 2.45) is 5.92 Å². The summed E-state index contributed by atoms with van der Waals surface area (Å²) in [5, 5.41) is 3.07. The van der Waals surface area contributed by atoms with Crippen molar-refractivity contribution in [1.29, 1.82) is 0 Å². The Labute approximate surface area is 161 Å². The minimum atomic E-state index is -0.102. The first kappa shape index (κ1) is 19.7. The van der Waals surface area contributed by atoms with Gasteiger partial charge < -0.3 is 19.9 Å². The number of hydrogen-bond donors (Lipinski definition) is 1. The summed E-state index contributed by atoms with van der Waals surface area (Å²) >= 11 is 0. The molecule has 1 saturated heterocycles. The Kier molecular flexibility index (Phi) is 7.10. The van der Waals surface area contributed by atoms with Crippen LogP contribution in [0.5, 0.6) is 0 Å². The normalized spacial score (nSPS) is 19.7. The molecule has 1 fully saturated rings. The molecule has 0 saturated carbocycles. The van der Waals surface area contributed by atoms with Crippen LogP contribution < -0.4 is 10.2 Å². The van der Waals surface area contributed by atoms with E-state index in [1.165, 1.54) is 17.7 Å². The number of likely N-dealkylation sites (tertiary alicyclic amines) is 1. The Morgan fingerprint density at radius 2 is 2.07 bits per heavy atom. The van der Waals surface area contributed by atoms with Gasteiger partial charge in [-0.2, -0.15) is 0 Å². The summed E-state index contributed by atoms with van der Waals surface area (Å²) in [6, 6.07) is 8.61. The Morgan fingerprint density at radius 3 is 2.93 bits per heavy atom. The van der Waals surface area contributed by atoms with Crippen LogP contribution in [0.25, 0.3) is 0 Å². The largest absolute Gasteiger partial charge is 0.383 e. The number of amides is 2. The number of benzene rings is 1. The second-order valence-electron chi connectivity index (χ2n) is 7.43. The first-order chi connectivity index (χ1) is 13.2. The van der Waals surface area contributed by atoms with E-state index in [2.05, 4.69) is 34.5 Å². The standard InChI is InChI=1S/C21H31N3O3/c1-27-15-14-24-16-18(9-10-20(24)25)21(26)22-11-5-13-23-12-4-7-17-6-2-3-8-19(17)23/h2-3,6,8,18H,4-5,7,9-16H2,1H3,(H,22,26). The quantitative estimate of drug-likeness (QED) is 0.706. The van der Waals surface area contributed by atoms with Gasteiger partial charge in [0.1, 0.15) is 0 Å². The molecule has 27 heavy (non-hydrogen) atoms. The number of rotatable bonds is 8. The SMILES string of the molecule is COCCN1CC(C(=O)NCCCN2CCCc3ccccc32)CCC1=O. The predicted molar refractivity (Wildman–Crippen MR) is 106 cm³/mol. The van der Waals surface area contributed by atoms with E-state index in [0.717, 1.165) is 25.9 Å². The number of fused-ring (bicyclic) bond motifs is 1. The van der Waals surface area contributed by atoms with Crippen LogP contribution in [0.3, 0.4) is 0 Å². The molecule has 0 aromatic heterocycles. The molecule has 0 aliphatic carbocycles. The van der Waals surface area contributed by atoms with Crippen molar-refractivity contribution in [3.8, 4) is 0 Å². The second kappa shape index (κ2) is 9.74. The molecule has 3 rings (SSSR count). The van der Waals surface area contributed by atoms with Gasteiger partial charge in [-0.15, -0.1) is 0 Å². The van der Waals surface area contributed by atoms with Gasteiger partial charge in [-0.25, -0.2) is 0 Å². The lowest BCUT2D eigenvalue weighted by Gasteiger charge is -2.32. The van der Waals surface area contributed by atoms with Crippen LogP contribution in [0, 0.1) is 5.92 Å². The summed E-state index contributed by atoms with van der Waals surface area (Å²) in [7, 11) is 1.62. The van der Waals surface area contributed by atoms with Crippen molar-refractivity contribution >= 4 is 17.5 Å². The smallest absolute Gasteiger partial charge is 0.224 e. The van der Waals surface area contributed by atoms with Gasteiger partial charge in [0.15, 0.2) is 0 Å². The van der Waals surface area contributed by atoms with E-state index in [0.29, 0.717) is 39.1 Å². The van der Waals surface area contributed by atoms with Crippen LogP contribution in [0.2, 0.25) is 0 Å². The fourth-order valence-corrected chi connectivity index (χ4v) is 4.02. The maximum absolute atomic E-state index is 12.5. The Morgan fingerprint density at radius 1 is 1.22 bits per heavy atom. The monoisotopic (exact) mass is 373 g/mol. The average Bonchev–Trinajstić information content (AvgIpc) is 2.70. The van der Waals surface area contributed by atoms with Gasteiger partial charge >= 0.3 is 0 Å². The number of methoxy groups -OCH3 is 1. The molecule has 0 radical (unpaired) electrons. The molecule has 2 heterocycles. The Hall–Kier alpha value is -2.08. The lowest BCUT2D eigenvalue weighted by atomic mass is 9.96. The van der Waals surface area contributed by atoms with Gasteiger partial charge in [-0.3, -0.25) is 9.59 Å². The highest BCUT2D eigenvalue weighted by Crippen LogP contribution is 2.26. The molecule has 0 spiro atoms. The number of nitrogens with zero attached hydrogens (tertiary/aromatic N) is 2. The van der Waals surface area contributed by atoms with Gasteiger partial charge in [-0.1, -0.05) is 18.2 Å². The molecule has 2 aliphatic rings. The van der Waals surface area contributed by atoms with E-state index in [1.54, 1.807) is 12.0 Å². The van der Waals surface area contributed by atoms with E-state index in [9.17, 15) is 9.59 Å². The highest BCUT2D eigenvalue weighted by molar-refractivity contribution is 5.83. The number of carbonyl (C=O) groups is 2.